The lowest BCUT2D eigenvalue weighted by Crippen LogP contribution is -2.36. The Bertz CT molecular complexity index is 377. The molecule has 1 aliphatic heterocycles. The van der Waals surface area contributed by atoms with Crippen molar-refractivity contribution in [1.82, 2.24) is 9.88 Å². The van der Waals surface area contributed by atoms with Crippen molar-refractivity contribution in [2.24, 2.45) is 5.41 Å². The summed E-state index contributed by atoms with van der Waals surface area (Å²) in [7, 11) is 0. The maximum Gasteiger partial charge on any atom is 0.126 e. The van der Waals surface area contributed by atoms with Crippen LogP contribution in [0.25, 0.3) is 0 Å². The van der Waals surface area contributed by atoms with Crippen LogP contribution in [0.5, 0.6) is 0 Å². The van der Waals surface area contributed by atoms with Crippen LogP contribution < -0.4 is 5.32 Å². The van der Waals surface area contributed by atoms with Crippen LogP contribution in [0.1, 0.15) is 39.2 Å². The highest BCUT2D eigenvalue weighted by Gasteiger charge is 2.25. The second-order valence-corrected chi connectivity index (χ2v) is 6.02. The van der Waals surface area contributed by atoms with Gasteiger partial charge in [-0.25, -0.2) is 4.98 Å². The van der Waals surface area contributed by atoms with E-state index in [2.05, 4.69) is 48.1 Å². The van der Waals surface area contributed by atoms with Crippen molar-refractivity contribution in [1.29, 1.82) is 0 Å². The Balaban J connectivity index is 1.91. The number of aromatic nitrogens is 1. The molecule has 2 heterocycles. The fourth-order valence-corrected chi connectivity index (χ4v) is 2.43. The van der Waals surface area contributed by atoms with Crippen LogP contribution in [0.2, 0.25) is 0 Å². The maximum atomic E-state index is 4.32. The molecule has 1 saturated heterocycles. The van der Waals surface area contributed by atoms with E-state index in [4.69, 9.17) is 0 Å². The molecular weight excluding hydrogens is 222 g/mol. The number of piperidine rings is 1. The van der Waals surface area contributed by atoms with Gasteiger partial charge in [0, 0.05) is 19.3 Å². The van der Waals surface area contributed by atoms with Gasteiger partial charge in [0.1, 0.15) is 5.82 Å². The minimum absolute atomic E-state index is 0.531. The first-order chi connectivity index (χ1) is 8.59. The summed E-state index contributed by atoms with van der Waals surface area (Å²) in [5, 5.41) is 3.27. The average molecular weight is 247 g/mol. The third-order valence-corrected chi connectivity index (χ3v) is 3.80. The van der Waals surface area contributed by atoms with Crippen LogP contribution in [-0.4, -0.2) is 29.5 Å². The normalized spacial score (nSPS) is 19.7. The Hall–Kier alpha value is -1.09. The highest BCUT2D eigenvalue weighted by atomic mass is 15.1. The molecule has 100 valence electrons. The smallest absolute Gasteiger partial charge is 0.126 e. The van der Waals surface area contributed by atoms with Crippen molar-refractivity contribution < 1.29 is 0 Å². The zero-order chi connectivity index (χ0) is 13.0. The second-order valence-electron chi connectivity index (χ2n) is 6.02. The fraction of sp³-hybridized carbons (Fsp3) is 0.667. The molecule has 2 rings (SSSR count). The lowest BCUT2D eigenvalue weighted by atomic mass is 9.82. The number of hydrogen-bond acceptors (Lipinski definition) is 3. The van der Waals surface area contributed by atoms with Gasteiger partial charge in [-0.05, 0) is 56.0 Å². The Kier molecular flexibility index (Phi) is 4.23. The number of pyridine rings is 1. The number of rotatable bonds is 4. The third kappa shape index (κ3) is 3.70. The molecule has 0 atom stereocenters. The van der Waals surface area contributed by atoms with E-state index in [0.717, 1.165) is 18.9 Å². The maximum absolute atomic E-state index is 4.32. The first kappa shape index (κ1) is 13.3. The highest BCUT2D eigenvalue weighted by Crippen LogP contribution is 2.30. The van der Waals surface area contributed by atoms with E-state index in [0.29, 0.717) is 5.41 Å². The van der Waals surface area contributed by atoms with Gasteiger partial charge in [-0.2, -0.15) is 0 Å². The number of nitrogens with one attached hydrogen (secondary N) is 1. The Morgan fingerprint density at radius 2 is 2.06 bits per heavy atom. The molecule has 0 spiro atoms. The topological polar surface area (TPSA) is 28.2 Å². The van der Waals surface area contributed by atoms with Gasteiger partial charge in [0.15, 0.2) is 0 Å². The average Bonchev–Trinajstić information content (AvgIpc) is 2.33. The van der Waals surface area contributed by atoms with Gasteiger partial charge < -0.3 is 5.32 Å². The minimum Gasteiger partial charge on any atom is -0.370 e. The molecule has 1 aromatic rings. The standard InChI is InChI=1S/C15H25N3/c1-4-16-14-11-13(5-8-17-14)12-18-9-6-15(2,3)7-10-18/h5,8,11H,4,6-7,9-10,12H2,1-3H3,(H,16,17). The molecule has 1 aliphatic rings. The second kappa shape index (κ2) is 5.70. The minimum atomic E-state index is 0.531. The monoisotopic (exact) mass is 247 g/mol. The molecule has 0 amide bonds. The van der Waals surface area contributed by atoms with E-state index < -0.39 is 0 Å². The zero-order valence-corrected chi connectivity index (χ0v) is 11.9. The van der Waals surface area contributed by atoms with E-state index in [1.165, 1.54) is 31.5 Å². The Labute approximate surface area is 111 Å². The van der Waals surface area contributed by atoms with Crippen LogP contribution in [0.3, 0.4) is 0 Å². The summed E-state index contributed by atoms with van der Waals surface area (Å²) in [4.78, 5) is 6.87. The van der Waals surface area contributed by atoms with Crippen molar-refractivity contribution in [3.8, 4) is 0 Å². The molecule has 0 radical (unpaired) electrons. The van der Waals surface area contributed by atoms with Gasteiger partial charge in [-0.15, -0.1) is 0 Å². The zero-order valence-electron chi connectivity index (χ0n) is 11.9. The molecule has 0 aromatic carbocycles. The summed E-state index contributed by atoms with van der Waals surface area (Å²) in [6.07, 6.45) is 4.51. The van der Waals surface area contributed by atoms with Crippen LogP contribution in [-0.2, 0) is 6.54 Å². The molecule has 0 saturated carbocycles. The third-order valence-electron chi connectivity index (χ3n) is 3.80. The molecule has 3 nitrogen and oxygen atoms in total. The van der Waals surface area contributed by atoms with Crippen molar-refractivity contribution >= 4 is 5.82 Å². The van der Waals surface area contributed by atoms with Crippen LogP contribution in [0, 0.1) is 5.41 Å². The van der Waals surface area contributed by atoms with E-state index in [1.807, 2.05) is 6.20 Å². The van der Waals surface area contributed by atoms with Crippen molar-refractivity contribution in [3.63, 3.8) is 0 Å². The number of likely N-dealkylation sites (tertiary alicyclic amines) is 1. The first-order valence-electron chi connectivity index (χ1n) is 7.00. The van der Waals surface area contributed by atoms with E-state index in [9.17, 15) is 0 Å². The van der Waals surface area contributed by atoms with Gasteiger partial charge in [0.05, 0.1) is 0 Å². The summed E-state index contributed by atoms with van der Waals surface area (Å²) in [5.74, 6) is 0.993. The van der Waals surface area contributed by atoms with Crippen molar-refractivity contribution in [2.45, 2.75) is 40.2 Å². The van der Waals surface area contributed by atoms with E-state index in [1.54, 1.807) is 0 Å². The number of hydrogen-bond donors (Lipinski definition) is 1. The van der Waals surface area contributed by atoms with Crippen LogP contribution in [0.15, 0.2) is 18.3 Å². The molecule has 1 aromatic heterocycles. The summed E-state index contributed by atoms with van der Waals surface area (Å²) in [6, 6.07) is 4.30. The van der Waals surface area contributed by atoms with Crippen molar-refractivity contribution in [2.75, 3.05) is 25.0 Å². The molecule has 0 aliphatic carbocycles. The van der Waals surface area contributed by atoms with E-state index in [-0.39, 0.29) is 0 Å². The number of nitrogens with zero attached hydrogens (tertiary/aromatic N) is 2. The molecular formula is C15H25N3. The lowest BCUT2D eigenvalue weighted by molar-refractivity contribution is 0.127. The van der Waals surface area contributed by atoms with E-state index >= 15 is 0 Å². The SMILES string of the molecule is CCNc1cc(CN2CCC(C)(C)CC2)ccn1. The van der Waals surface area contributed by atoms with Gasteiger partial charge in [0.2, 0.25) is 0 Å². The van der Waals surface area contributed by atoms with Gasteiger partial charge in [0.25, 0.3) is 0 Å². The summed E-state index contributed by atoms with van der Waals surface area (Å²) in [5.41, 5.74) is 1.89. The van der Waals surface area contributed by atoms with Gasteiger partial charge in [-0.3, -0.25) is 4.90 Å². The Morgan fingerprint density at radius 1 is 1.33 bits per heavy atom. The largest absolute Gasteiger partial charge is 0.370 e. The highest BCUT2D eigenvalue weighted by molar-refractivity contribution is 5.37. The van der Waals surface area contributed by atoms with Crippen LogP contribution >= 0.6 is 0 Å². The van der Waals surface area contributed by atoms with Gasteiger partial charge >= 0.3 is 0 Å². The molecule has 0 unspecified atom stereocenters. The van der Waals surface area contributed by atoms with Crippen LogP contribution in [0.4, 0.5) is 5.82 Å². The van der Waals surface area contributed by atoms with Crippen molar-refractivity contribution in [3.05, 3.63) is 23.9 Å². The summed E-state index contributed by atoms with van der Waals surface area (Å²) < 4.78 is 0. The predicted molar refractivity (Wildman–Crippen MR) is 76.7 cm³/mol. The molecule has 3 heteroatoms. The quantitative estimate of drug-likeness (QED) is 0.886. The summed E-state index contributed by atoms with van der Waals surface area (Å²) >= 11 is 0. The first-order valence-corrected chi connectivity index (χ1v) is 7.00. The number of anilines is 1. The fourth-order valence-electron chi connectivity index (χ4n) is 2.43. The van der Waals surface area contributed by atoms with Gasteiger partial charge in [-0.1, -0.05) is 13.8 Å². The lowest BCUT2D eigenvalue weighted by Gasteiger charge is -2.36. The molecule has 1 fully saturated rings. The molecule has 0 bridgehead atoms. The summed E-state index contributed by atoms with van der Waals surface area (Å²) in [6.45, 7) is 11.3. The predicted octanol–water partition coefficient (Wildman–Crippen LogP) is 3.14. The Morgan fingerprint density at radius 3 is 2.72 bits per heavy atom. The molecule has 18 heavy (non-hydrogen) atoms. The molecule has 1 N–H and O–H groups in total.